The smallest absolute Gasteiger partial charge is 0.153 e. The van der Waals surface area contributed by atoms with Gasteiger partial charge < -0.3 is 14.8 Å². The lowest BCUT2D eigenvalue weighted by Crippen LogP contribution is -2.37. The van der Waals surface area contributed by atoms with Crippen molar-refractivity contribution in [1.29, 1.82) is 0 Å². The van der Waals surface area contributed by atoms with E-state index in [-0.39, 0.29) is 18.1 Å². The zero-order valence-electron chi connectivity index (χ0n) is 9.20. The summed E-state index contributed by atoms with van der Waals surface area (Å²) in [5, 5.41) is 3.24. The van der Waals surface area contributed by atoms with Gasteiger partial charge in [-0.05, 0) is 19.3 Å². The van der Waals surface area contributed by atoms with Crippen molar-refractivity contribution in [2.45, 2.75) is 31.4 Å². The SMILES string of the molecule is COC1CNC(C(=O)C2CCOCC2)C1. The molecule has 2 saturated heterocycles. The van der Waals surface area contributed by atoms with E-state index in [1.54, 1.807) is 7.11 Å². The van der Waals surface area contributed by atoms with E-state index < -0.39 is 0 Å². The van der Waals surface area contributed by atoms with Gasteiger partial charge in [-0.2, -0.15) is 0 Å². The van der Waals surface area contributed by atoms with Gasteiger partial charge in [0.2, 0.25) is 0 Å². The highest BCUT2D eigenvalue weighted by atomic mass is 16.5. The first-order chi connectivity index (χ1) is 7.31. The lowest BCUT2D eigenvalue weighted by molar-refractivity contribution is -0.127. The van der Waals surface area contributed by atoms with Crippen LogP contribution >= 0.6 is 0 Å². The van der Waals surface area contributed by atoms with Gasteiger partial charge in [0.15, 0.2) is 5.78 Å². The van der Waals surface area contributed by atoms with E-state index in [0.29, 0.717) is 5.78 Å². The van der Waals surface area contributed by atoms with Crippen molar-refractivity contribution >= 4 is 5.78 Å². The van der Waals surface area contributed by atoms with Gasteiger partial charge in [-0.25, -0.2) is 0 Å². The molecule has 2 rings (SSSR count). The van der Waals surface area contributed by atoms with E-state index in [1.165, 1.54) is 0 Å². The second-order valence-electron chi connectivity index (χ2n) is 4.34. The van der Waals surface area contributed by atoms with Crippen molar-refractivity contribution in [2.24, 2.45) is 5.92 Å². The van der Waals surface area contributed by atoms with Crippen LogP contribution in [0.1, 0.15) is 19.3 Å². The maximum absolute atomic E-state index is 12.1. The zero-order valence-corrected chi connectivity index (χ0v) is 9.20. The fraction of sp³-hybridized carbons (Fsp3) is 0.909. The predicted molar refractivity (Wildman–Crippen MR) is 55.8 cm³/mol. The molecule has 0 spiro atoms. The molecule has 0 aromatic carbocycles. The number of hydrogen-bond donors (Lipinski definition) is 1. The van der Waals surface area contributed by atoms with E-state index in [4.69, 9.17) is 9.47 Å². The number of hydrogen-bond acceptors (Lipinski definition) is 4. The fourth-order valence-corrected chi connectivity index (χ4v) is 2.37. The molecule has 4 heteroatoms. The second-order valence-corrected chi connectivity index (χ2v) is 4.34. The lowest BCUT2D eigenvalue weighted by atomic mass is 9.90. The third kappa shape index (κ3) is 2.56. The molecule has 1 N–H and O–H groups in total. The van der Waals surface area contributed by atoms with Crippen molar-refractivity contribution in [3.63, 3.8) is 0 Å². The molecule has 2 heterocycles. The Hall–Kier alpha value is -0.450. The van der Waals surface area contributed by atoms with Crippen LogP contribution < -0.4 is 5.32 Å². The number of rotatable bonds is 3. The standard InChI is InChI=1S/C11H19NO3/c1-14-9-6-10(12-7-9)11(13)8-2-4-15-5-3-8/h8-10,12H,2-7H2,1H3. The summed E-state index contributed by atoms with van der Waals surface area (Å²) in [7, 11) is 1.70. The van der Waals surface area contributed by atoms with Crippen molar-refractivity contribution in [1.82, 2.24) is 5.32 Å². The average Bonchev–Trinajstić information content (AvgIpc) is 2.78. The summed E-state index contributed by atoms with van der Waals surface area (Å²) in [5.74, 6) is 0.560. The van der Waals surface area contributed by atoms with Crippen LogP contribution in [0.3, 0.4) is 0 Å². The van der Waals surface area contributed by atoms with Crippen LogP contribution in [0, 0.1) is 5.92 Å². The van der Waals surface area contributed by atoms with E-state index in [1.807, 2.05) is 0 Å². The molecule has 0 aromatic heterocycles. The molecule has 0 amide bonds. The number of ketones is 1. The van der Waals surface area contributed by atoms with Gasteiger partial charge in [-0.3, -0.25) is 4.79 Å². The molecule has 2 unspecified atom stereocenters. The van der Waals surface area contributed by atoms with Gasteiger partial charge in [0.05, 0.1) is 12.1 Å². The van der Waals surface area contributed by atoms with Gasteiger partial charge in [0.25, 0.3) is 0 Å². The first-order valence-electron chi connectivity index (χ1n) is 5.69. The predicted octanol–water partition coefficient (Wildman–Crippen LogP) is 0.359. The molecule has 0 aromatic rings. The highest BCUT2D eigenvalue weighted by Gasteiger charge is 2.33. The maximum Gasteiger partial charge on any atom is 0.153 e. The molecule has 86 valence electrons. The lowest BCUT2D eigenvalue weighted by Gasteiger charge is -2.23. The summed E-state index contributed by atoms with van der Waals surface area (Å²) in [4.78, 5) is 12.1. The maximum atomic E-state index is 12.1. The summed E-state index contributed by atoms with van der Waals surface area (Å²) in [6.45, 7) is 2.27. The van der Waals surface area contributed by atoms with Crippen LogP contribution in [-0.2, 0) is 14.3 Å². The summed E-state index contributed by atoms with van der Waals surface area (Å²) in [6, 6.07) is 0.0121. The molecule has 2 aliphatic rings. The molecule has 4 nitrogen and oxygen atoms in total. The highest BCUT2D eigenvalue weighted by Crippen LogP contribution is 2.21. The molecule has 15 heavy (non-hydrogen) atoms. The van der Waals surface area contributed by atoms with Gasteiger partial charge in [0.1, 0.15) is 0 Å². The van der Waals surface area contributed by atoms with Gasteiger partial charge in [0, 0.05) is 32.8 Å². The minimum atomic E-state index is 0.0121. The van der Waals surface area contributed by atoms with Crippen molar-refractivity contribution in [3.8, 4) is 0 Å². The van der Waals surface area contributed by atoms with Crippen LogP contribution in [0.4, 0.5) is 0 Å². The van der Waals surface area contributed by atoms with E-state index in [9.17, 15) is 4.79 Å². The Labute approximate surface area is 90.3 Å². The molecule has 0 aliphatic carbocycles. The number of ether oxygens (including phenoxy) is 2. The van der Waals surface area contributed by atoms with Crippen LogP contribution in [0.2, 0.25) is 0 Å². The number of carbonyl (C=O) groups is 1. The number of nitrogens with one attached hydrogen (secondary N) is 1. The van der Waals surface area contributed by atoms with Gasteiger partial charge in [-0.1, -0.05) is 0 Å². The van der Waals surface area contributed by atoms with E-state index in [0.717, 1.165) is 39.0 Å². The van der Waals surface area contributed by atoms with E-state index >= 15 is 0 Å². The Bertz CT molecular complexity index is 226. The summed E-state index contributed by atoms with van der Waals surface area (Å²) in [5.41, 5.74) is 0. The Morgan fingerprint density at radius 2 is 2.13 bits per heavy atom. The van der Waals surface area contributed by atoms with Crippen LogP contribution in [-0.4, -0.2) is 44.8 Å². The Kier molecular flexibility index (Phi) is 3.72. The quantitative estimate of drug-likeness (QED) is 0.735. The minimum Gasteiger partial charge on any atom is -0.381 e. The number of Topliss-reactive ketones (excluding diaryl/α,β-unsaturated/α-hetero) is 1. The zero-order chi connectivity index (χ0) is 10.7. The topological polar surface area (TPSA) is 47.6 Å². The Balaban J connectivity index is 1.85. The summed E-state index contributed by atoms with van der Waals surface area (Å²) in [6.07, 6.45) is 2.80. The highest BCUT2D eigenvalue weighted by molar-refractivity contribution is 5.86. The van der Waals surface area contributed by atoms with Crippen LogP contribution in [0.25, 0.3) is 0 Å². The number of methoxy groups -OCH3 is 1. The van der Waals surface area contributed by atoms with Crippen molar-refractivity contribution in [2.75, 3.05) is 26.9 Å². The normalized spacial score (nSPS) is 33.1. The Morgan fingerprint density at radius 3 is 2.73 bits per heavy atom. The first kappa shape index (κ1) is 11.0. The van der Waals surface area contributed by atoms with Crippen molar-refractivity contribution in [3.05, 3.63) is 0 Å². The fourth-order valence-electron chi connectivity index (χ4n) is 2.37. The van der Waals surface area contributed by atoms with Gasteiger partial charge in [-0.15, -0.1) is 0 Å². The summed E-state index contributed by atoms with van der Waals surface area (Å²) >= 11 is 0. The largest absolute Gasteiger partial charge is 0.381 e. The third-order valence-electron chi connectivity index (χ3n) is 3.39. The van der Waals surface area contributed by atoms with Crippen LogP contribution in [0.15, 0.2) is 0 Å². The molecule has 0 radical (unpaired) electrons. The first-order valence-corrected chi connectivity index (χ1v) is 5.69. The molecular formula is C11H19NO3. The molecule has 2 aliphatic heterocycles. The number of carbonyl (C=O) groups excluding carboxylic acids is 1. The third-order valence-corrected chi connectivity index (χ3v) is 3.39. The van der Waals surface area contributed by atoms with Gasteiger partial charge >= 0.3 is 0 Å². The molecular weight excluding hydrogens is 194 g/mol. The molecule has 0 bridgehead atoms. The summed E-state index contributed by atoms with van der Waals surface area (Å²) < 4.78 is 10.5. The monoisotopic (exact) mass is 213 g/mol. The molecule has 2 fully saturated rings. The van der Waals surface area contributed by atoms with E-state index in [2.05, 4.69) is 5.32 Å². The average molecular weight is 213 g/mol. The molecule has 2 atom stereocenters. The Morgan fingerprint density at radius 1 is 1.40 bits per heavy atom. The van der Waals surface area contributed by atoms with Crippen LogP contribution in [0.5, 0.6) is 0 Å². The molecule has 0 saturated carbocycles. The second kappa shape index (κ2) is 5.05. The van der Waals surface area contributed by atoms with Crippen molar-refractivity contribution < 1.29 is 14.3 Å². The minimum absolute atomic E-state index is 0.0121.